The fourth-order valence-electron chi connectivity index (χ4n) is 4.11. The van der Waals surface area contributed by atoms with E-state index in [-0.39, 0.29) is 23.4 Å². The zero-order valence-corrected chi connectivity index (χ0v) is 27.4. The maximum Gasteiger partial charge on any atom is 0.222 e. The minimum absolute atomic E-state index is 0.147. The molecule has 12 heteroatoms. The number of aromatic nitrogens is 4. The summed E-state index contributed by atoms with van der Waals surface area (Å²) in [6.45, 7) is 1.88. The molecule has 2 heterocycles. The van der Waals surface area contributed by atoms with E-state index < -0.39 is 0 Å². The Morgan fingerprint density at radius 2 is 1.06 bits per heavy atom. The number of aryl methyl sites for hydroxylation is 1. The zero-order valence-electron chi connectivity index (χ0n) is 25.9. The van der Waals surface area contributed by atoms with Gasteiger partial charge in [0, 0.05) is 32.5 Å². The molecule has 0 amide bonds. The summed E-state index contributed by atoms with van der Waals surface area (Å²) in [5.41, 5.74) is 16.6. The van der Waals surface area contributed by atoms with E-state index in [1.807, 2.05) is 31.2 Å². The number of nitrogens with zero attached hydrogens (tertiary/aromatic N) is 4. The Kier molecular flexibility index (Phi) is 11.0. The molecule has 10 nitrogen and oxygen atoms in total. The molecule has 6 aromatic rings. The maximum atomic E-state index is 9.53. The van der Waals surface area contributed by atoms with E-state index in [9.17, 15) is 10.2 Å². The van der Waals surface area contributed by atoms with Gasteiger partial charge in [0.15, 0.2) is 11.6 Å². The van der Waals surface area contributed by atoms with Gasteiger partial charge < -0.3 is 32.3 Å². The highest BCUT2D eigenvalue weighted by atomic mass is 35.5. The molecule has 0 fully saturated rings. The molecular weight excluding hydrogens is 659 g/mol. The summed E-state index contributed by atoms with van der Waals surface area (Å²) < 4.78 is 0. The van der Waals surface area contributed by atoms with E-state index in [4.69, 9.17) is 34.7 Å². The van der Waals surface area contributed by atoms with E-state index in [2.05, 4.69) is 54.3 Å². The fraction of sp³-hybridized carbons (Fsp3) is 0.0270. The molecular formula is C37H28Cl2N8O2. The first kappa shape index (κ1) is 33.9. The average molecular weight is 688 g/mol. The molecule has 0 spiro atoms. The second-order valence-electron chi connectivity index (χ2n) is 10.3. The van der Waals surface area contributed by atoms with Crippen molar-refractivity contribution in [2.75, 3.05) is 22.1 Å². The third kappa shape index (κ3) is 10.0. The molecule has 242 valence electrons. The molecule has 0 saturated carbocycles. The van der Waals surface area contributed by atoms with Gasteiger partial charge in [-0.25, -0.2) is 9.97 Å². The summed E-state index contributed by atoms with van der Waals surface area (Å²) in [6.07, 6.45) is 3.14. The SMILES string of the molecule is Cc1cc(O)ccc1Nc1nc(N)ncc1C#Cc1ccc(Cl)cc1.Nc1ncc(C#Cc2ccc(Cl)cc2)c(Nc2ccc(O)cc2)n1. The molecule has 6 rings (SSSR count). The molecule has 49 heavy (non-hydrogen) atoms. The Bertz CT molecular complexity index is 2210. The summed E-state index contributed by atoms with van der Waals surface area (Å²) in [6, 6.07) is 26.1. The van der Waals surface area contributed by atoms with Crippen molar-refractivity contribution in [2.24, 2.45) is 0 Å². The van der Waals surface area contributed by atoms with Crippen molar-refractivity contribution in [1.82, 2.24) is 19.9 Å². The highest BCUT2D eigenvalue weighted by molar-refractivity contribution is 6.30. The predicted octanol–water partition coefficient (Wildman–Crippen LogP) is 7.43. The van der Waals surface area contributed by atoms with Crippen LogP contribution in [0.15, 0.2) is 103 Å². The lowest BCUT2D eigenvalue weighted by Gasteiger charge is -2.11. The lowest BCUT2D eigenvalue weighted by molar-refractivity contribution is 0.474. The Morgan fingerprint density at radius 1 is 0.592 bits per heavy atom. The number of phenolic OH excluding ortho intramolecular Hbond substituents is 2. The van der Waals surface area contributed by atoms with Gasteiger partial charge >= 0.3 is 0 Å². The van der Waals surface area contributed by atoms with Crippen molar-refractivity contribution in [3.05, 3.63) is 141 Å². The first-order valence-corrected chi connectivity index (χ1v) is 15.3. The van der Waals surface area contributed by atoms with Gasteiger partial charge in [0.25, 0.3) is 0 Å². The van der Waals surface area contributed by atoms with Gasteiger partial charge in [-0.1, -0.05) is 46.9 Å². The summed E-state index contributed by atoms with van der Waals surface area (Å²) in [7, 11) is 0. The van der Waals surface area contributed by atoms with E-state index >= 15 is 0 Å². The van der Waals surface area contributed by atoms with Crippen LogP contribution in [0, 0.1) is 30.6 Å². The smallest absolute Gasteiger partial charge is 0.222 e. The van der Waals surface area contributed by atoms with Crippen LogP contribution in [0.2, 0.25) is 10.0 Å². The summed E-state index contributed by atoms with van der Waals surface area (Å²) >= 11 is 11.7. The highest BCUT2D eigenvalue weighted by Gasteiger charge is 2.08. The minimum Gasteiger partial charge on any atom is -0.508 e. The number of phenols is 2. The highest BCUT2D eigenvalue weighted by Crippen LogP contribution is 2.25. The topological polar surface area (TPSA) is 168 Å². The standard InChI is InChI=1S/C19H15ClN4O.C18H13ClN4O/c1-12-10-16(25)8-9-17(12)23-18-14(11-22-19(21)24-18)5-2-13-3-6-15(20)7-4-13;19-14-5-2-12(3-6-14)1-4-13-11-21-18(20)23-17(13)22-15-7-9-16(24)10-8-15/h3-4,6-11,25H,1H3,(H3,21,22,23,24);2-3,5-11,24H,(H3,20,21,22,23). The normalized spacial score (nSPS) is 9.94. The van der Waals surface area contributed by atoms with Crippen LogP contribution < -0.4 is 22.1 Å². The van der Waals surface area contributed by atoms with Crippen molar-refractivity contribution in [3.63, 3.8) is 0 Å². The number of nitrogens with one attached hydrogen (secondary N) is 2. The Hall–Kier alpha value is -6.46. The molecule has 0 aliphatic carbocycles. The number of benzene rings is 4. The van der Waals surface area contributed by atoms with Crippen LogP contribution in [0.3, 0.4) is 0 Å². The third-order valence-corrected chi connectivity index (χ3v) is 7.08. The van der Waals surface area contributed by atoms with Gasteiger partial charge in [-0.2, -0.15) is 9.97 Å². The number of rotatable bonds is 4. The molecule has 0 saturated heterocycles. The van der Waals surface area contributed by atoms with Crippen LogP contribution in [0.4, 0.5) is 34.9 Å². The van der Waals surface area contributed by atoms with Crippen LogP contribution in [0.5, 0.6) is 11.5 Å². The maximum absolute atomic E-state index is 9.53. The zero-order chi connectivity index (χ0) is 34.8. The van der Waals surface area contributed by atoms with Crippen LogP contribution in [-0.2, 0) is 0 Å². The molecule has 0 bridgehead atoms. The summed E-state index contributed by atoms with van der Waals surface area (Å²) in [5, 5.41) is 26.5. The summed E-state index contributed by atoms with van der Waals surface area (Å²) in [4.78, 5) is 16.4. The fourth-order valence-corrected chi connectivity index (χ4v) is 4.36. The molecule has 0 atom stereocenters. The number of nitrogen functional groups attached to an aromatic ring is 2. The molecule has 4 aromatic carbocycles. The first-order valence-electron chi connectivity index (χ1n) is 14.5. The molecule has 2 aromatic heterocycles. The van der Waals surface area contributed by atoms with Gasteiger partial charge in [0.1, 0.15) is 11.5 Å². The monoisotopic (exact) mass is 686 g/mol. The van der Waals surface area contributed by atoms with Crippen LogP contribution in [0.1, 0.15) is 27.8 Å². The Balaban J connectivity index is 0.000000191. The van der Waals surface area contributed by atoms with Crippen molar-refractivity contribution in [1.29, 1.82) is 0 Å². The molecule has 0 aliphatic heterocycles. The van der Waals surface area contributed by atoms with E-state index in [0.29, 0.717) is 32.8 Å². The number of aromatic hydroxyl groups is 2. The molecule has 0 unspecified atom stereocenters. The number of hydrogen-bond donors (Lipinski definition) is 6. The number of anilines is 6. The lowest BCUT2D eigenvalue weighted by Crippen LogP contribution is -2.03. The van der Waals surface area contributed by atoms with Crippen molar-refractivity contribution < 1.29 is 10.2 Å². The quantitative estimate of drug-likeness (QED) is 0.0810. The van der Waals surface area contributed by atoms with E-state index in [1.54, 1.807) is 79.1 Å². The van der Waals surface area contributed by atoms with Crippen molar-refractivity contribution in [3.8, 4) is 35.2 Å². The van der Waals surface area contributed by atoms with Gasteiger partial charge in [0.2, 0.25) is 11.9 Å². The third-order valence-electron chi connectivity index (χ3n) is 6.58. The van der Waals surface area contributed by atoms with E-state index in [1.165, 1.54) is 0 Å². The second kappa shape index (κ2) is 15.9. The second-order valence-corrected chi connectivity index (χ2v) is 11.2. The van der Waals surface area contributed by atoms with Gasteiger partial charge in [-0.3, -0.25) is 0 Å². The first-order chi connectivity index (χ1) is 23.6. The summed E-state index contributed by atoms with van der Waals surface area (Å²) in [5.74, 6) is 13.8. The van der Waals surface area contributed by atoms with Gasteiger partial charge in [-0.05, 0) is 103 Å². The van der Waals surface area contributed by atoms with Crippen molar-refractivity contribution in [2.45, 2.75) is 6.92 Å². The van der Waals surface area contributed by atoms with Crippen LogP contribution >= 0.6 is 23.2 Å². The van der Waals surface area contributed by atoms with Crippen molar-refractivity contribution >= 4 is 58.1 Å². The minimum atomic E-state index is 0.147. The number of nitrogens with two attached hydrogens (primary N) is 2. The molecule has 0 aliphatic rings. The Morgan fingerprint density at radius 3 is 1.55 bits per heavy atom. The Labute approximate surface area is 292 Å². The molecule has 0 radical (unpaired) electrons. The van der Waals surface area contributed by atoms with E-state index in [0.717, 1.165) is 28.1 Å². The average Bonchev–Trinajstić information content (AvgIpc) is 3.08. The number of hydrogen-bond acceptors (Lipinski definition) is 10. The van der Waals surface area contributed by atoms with Crippen LogP contribution in [-0.4, -0.2) is 30.1 Å². The largest absolute Gasteiger partial charge is 0.508 e. The van der Waals surface area contributed by atoms with Gasteiger partial charge in [0.05, 0.1) is 23.5 Å². The molecule has 8 N–H and O–H groups in total. The predicted molar refractivity (Wildman–Crippen MR) is 195 cm³/mol. The van der Waals surface area contributed by atoms with Crippen LogP contribution in [0.25, 0.3) is 0 Å². The number of halogens is 2. The van der Waals surface area contributed by atoms with Gasteiger partial charge in [-0.15, -0.1) is 0 Å². The lowest BCUT2D eigenvalue weighted by atomic mass is 10.1.